The molecule has 262 valence electrons. The number of ether oxygens (including phenoxy) is 1. The Balaban J connectivity index is 1.54. The van der Waals surface area contributed by atoms with Gasteiger partial charge in [-0.25, -0.2) is 4.79 Å². The highest BCUT2D eigenvalue weighted by molar-refractivity contribution is 6.09. The fourth-order valence-electron chi connectivity index (χ4n) is 6.07. The number of amides is 4. The predicted octanol–water partition coefficient (Wildman–Crippen LogP) is 5.71. The Morgan fingerprint density at radius 2 is 1.69 bits per heavy atom. The van der Waals surface area contributed by atoms with Crippen LogP contribution in [0.1, 0.15) is 58.2 Å². The third kappa shape index (κ3) is 6.56. The number of hydrogen-bond donors (Lipinski definition) is 2. The molecule has 0 aliphatic carbocycles. The van der Waals surface area contributed by atoms with Gasteiger partial charge in [0, 0.05) is 36.4 Å². The van der Waals surface area contributed by atoms with Gasteiger partial charge < -0.3 is 25.0 Å². The summed E-state index contributed by atoms with van der Waals surface area (Å²) in [5.41, 5.74) is -7.15. The Morgan fingerprint density at radius 1 is 1.04 bits per heavy atom. The second-order valence-corrected chi connectivity index (χ2v) is 12.5. The van der Waals surface area contributed by atoms with Gasteiger partial charge in [-0.05, 0) is 76.9 Å². The Morgan fingerprint density at radius 3 is 2.27 bits per heavy atom. The molecule has 4 rings (SSSR count). The van der Waals surface area contributed by atoms with E-state index in [9.17, 15) is 45.8 Å². The molecule has 0 bridgehead atoms. The molecule has 2 aromatic carbocycles. The molecule has 15 heteroatoms. The fraction of sp³-hybridized carbons (Fsp3) is 0.485. The van der Waals surface area contributed by atoms with Crippen LogP contribution in [0.4, 0.5) is 36.8 Å². The number of hydrogen-bond acceptors (Lipinski definition) is 6. The van der Waals surface area contributed by atoms with E-state index in [0.717, 1.165) is 11.0 Å². The van der Waals surface area contributed by atoms with Gasteiger partial charge in [0.2, 0.25) is 5.91 Å². The van der Waals surface area contributed by atoms with Gasteiger partial charge in [0.15, 0.2) is 0 Å². The van der Waals surface area contributed by atoms with Gasteiger partial charge in [0.25, 0.3) is 11.5 Å². The summed E-state index contributed by atoms with van der Waals surface area (Å²) in [7, 11) is 0. The van der Waals surface area contributed by atoms with Crippen molar-refractivity contribution in [1.29, 1.82) is 0 Å². The lowest BCUT2D eigenvalue weighted by Crippen LogP contribution is -2.60. The van der Waals surface area contributed by atoms with Gasteiger partial charge in [-0.2, -0.15) is 26.3 Å². The lowest BCUT2D eigenvalue weighted by Gasteiger charge is -2.46. The first-order chi connectivity index (χ1) is 22.1. The molecule has 2 aliphatic rings. The van der Waals surface area contributed by atoms with Gasteiger partial charge >= 0.3 is 18.4 Å². The maximum Gasteiger partial charge on any atom is 0.430 e. The lowest BCUT2D eigenvalue weighted by atomic mass is 9.89. The number of urea groups is 1. The van der Waals surface area contributed by atoms with Crippen LogP contribution in [0.3, 0.4) is 0 Å². The number of aliphatic hydroxyl groups is 1. The number of carbonyl (C=O) groups is 3. The van der Waals surface area contributed by atoms with E-state index in [4.69, 9.17) is 4.74 Å². The number of nitrogens with one attached hydrogen (secondary N) is 1. The second kappa shape index (κ2) is 13.0. The zero-order chi connectivity index (χ0) is 36.0. The van der Waals surface area contributed by atoms with Crippen LogP contribution in [0.15, 0.2) is 48.5 Å². The molecular formula is C33H38F6N4O5. The number of halogens is 6. The van der Waals surface area contributed by atoms with Crippen molar-refractivity contribution in [3.05, 3.63) is 65.2 Å². The van der Waals surface area contributed by atoms with Crippen molar-refractivity contribution in [3.8, 4) is 5.75 Å². The summed E-state index contributed by atoms with van der Waals surface area (Å²) in [6.07, 6.45) is -9.43. The average molecular weight is 685 g/mol. The number of allylic oxidation sites excluding steroid dienone is 1. The van der Waals surface area contributed by atoms with E-state index in [2.05, 4.69) is 5.32 Å². The fourth-order valence-corrected chi connectivity index (χ4v) is 6.07. The normalized spacial score (nSPS) is 22.6. The minimum Gasteiger partial charge on any atom is -0.491 e. The van der Waals surface area contributed by atoms with Crippen LogP contribution in [-0.2, 0) is 20.7 Å². The topological polar surface area (TPSA) is 102 Å². The van der Waals surface area contributed by atoms with Crippen molar-refractivity contribution in [2.45, 2.75) is 83.2 Å². The number of benzene rings is 2. The Labute approximate surface area is 274 Å². The molecule has 4 amide bonds. The van der Waals surface area contributed by atoms with Crippen LogP contribution in [0, 0.1) is 0 Å². The number of anilines is 1. The second-order valence-electron chi connectivity index (χ2n) is 12.5. The standard InChI is InChI=1S/C33H38F6N4O5/c1-7-9-22-14-24(31(47,32(34,35)36)33(37,38)39)12-13-26(22)41-16-21(5)42(17-20(41)4)27(44)18-43-28(45)30(6,40-29(43)46)23-10-8-11-25(15-23)48-19(2)3/h7-15,19-21,47H,16-18H2,1-6H3,(H,40,46)/b9-7-/t20?,21?,30-/m0/s1. The largest absolute Gasteiger partial charge is 0.491 e. The first kappa shape index (κ1) is 36.6. The first-order valence-electron chi connectivity index (χ1n) is 15.3. The van der Waals surface area contributed by atoms with Crippen LogP contribution >= 0.6 is 0 Å². The number of piperazine rings is 1. The Bertz CT molecular complexity index is 1580. The maximum absolute atomic E-state index is 13.6. The van der Waals surface area contributed by atoms with Crippen molar-refractivity contribution in [2.75, 3.05) is 24.5 Å². The molecule has 0 saturated carbocycles. The van der Waals surface area contributed by atoms with E-state index < -0.39 is 65.5 Å². The SMILES string of the molecule is C/C=C\c1cc(C(O)(C(F)(F)F)C(F)(F)F)ccc1N1CC(C)N(C(=O)CN2C(=O)N[C@@](C)(c3cccc(OC(C)C)c3)C2=O)CC1C. The highest BCUT2D eigenvalue weighted by atomic mass is 19.4. The number of imide groups is 1. The van der Waals surface area contributed by atoms with Gasteiger partial charge in [-0.15, -0.1) is 0 Å². The number of carbonyl (C=O) groups excluding carboxylic acids is 3. The minimum atomic E-state index is -6.04. The summed E-state index contributed by atoms with van der Waals surface area (Å²) in [6.45, 7) is 9.83. The Kier molecular flexibility index (Phi) is 9.88. The minimum absolute atomic E-state index is 0.00207. The van der Waals surface area contributed by atoms with Crippen LogP contribution in [0.25, 0.3) is 6.08 Å². The molecule has 3 atom stereocenters. The average Bonchev–Trinajstić information content (AvgIpc) is 3.20. The van der Waals surface area contributed by atoms with Gasteiger partial charge in [0.05, 0.1) is 6.10 Å². The first-order valence-corrected chi connectivity index (χ1v) is 15.3. The molecule has 0 radical (unpaired) electrons. The maximum atomic E-state index is 13.6. The molecule has 48 heavy (non-hydrogen) atoms. The van der Waals surface area contributed by atoms with Gasteiger partial charge in [-0.1, -0.05) is 30.4 Å². The Hall–Kier alpha value is -4.27. The third-order valence-electron chi connectivity index (χ3n) is 8.58. The van der Waals surface area contributed by atoms with Crippen LogP contribution in [-0.4, -0.2) is 82.9 Å². The highest BCUT2D eigenvalue weighted by Crippen LogP contribution is 2.50. The molecule has 0 spiro atoms. The van der Waals surface area contributed by atoms with Crippen molar-refractivity contribution in [1.82, 2.24) is 15.1 Å². The summed E-state index contributed by atoms with van der Waals surface area (Å²) in [5.74, 6) is -0.650. The molecule has 2 saturated heterocycles. The summed E-state index contributed by atoms with van der Waals surface area (Å²) in [6, 6.07) is 7.29. The van der Waals surface area contributed by atoms with E-state index in [1.807, 2.05) is 13.8 Å². The van der Waals surface area contributed by atoms with Crippen molar-refractivity contribution >= 4 is 29.6 Å². The summed E-state index contributed by atoms with van der Waals surface area (Å²) in [4.78, 5) is 44.1. The third-order valence-corrected chi connectivity index (χ3v) is 8.58. The molecule has 2 N–H and O–H groups in total. The molecule has 2 fully saturated rings. The van der Waals surface area contributed by atoms with E-state index >= 15 is 0 Å². The number of alkyl halides is 6. The molecule has 9 nitrogen and oxygen atoms in total. The van der Waals surface area contributed by atoms with Crippen molar-refractivity contribution in [3.63, 3.8) is 0 Å². The van der Waals surface area contributed by atoms with E-state index in [-0.39, 0.29) is 24.8 Å². The van der Waals surface area contributed by atoms with E-state index in [1.165, 1.54) is 30.9 Å². The van der Waals surface area contributed by atoms with Crippen LogP contribution in [0.5, 0.6) is 5.75 Å². The molecule has 2 aliphatic heterocycles. The highest BCUT2D eigenvalue weighted by Gasteiger charge is 2.71. The number of nitrogens with zero attached hydrogens (tertiary/aromatic N) is 3. The van der Waals surface area contributed by atoms with Crippen LogP contribution < -0.4 is 15.0 Å². The van der Waals surface area contributed by atoms with Gasteiger partial charge in [-0.3, -0.25) is 14.5 Å². The van der Waals surface area contributed by atoms with Crippen LogP contribution in [0.2, 0.25) is 0 Å². The number of rotatable bonds is 8. The zero-order valence-electron chi connectivity index (χ0n) is 27.2. The molecule has 2 unspecified atom stereocenters. The lowest BCUT2D eigenvalue weighted by molar-refractivity contribution is -0.376. The summed E-state index contributed by atoms with van der Waals surface area (Å²) >= 11 is 0. The van der Waals surface area contributed by atoms with Crippen molar-refractivity contribution in [2.24, 2.45) is 0 Å². The van der Waals surface area contributed by atoms with Crippen molar-refractivity contribution < 1.29 is 50.6 Å². The molecule has 0 aromatic heterocycles. The zero-order valence-corrected chi connectivity index (χ0v) is 27.2. The quantitative estimate of drug-likeness (QED) is 0.273. The molecule has 2 aromatic rings. The smallest absolute Gasteiger partial charge is 0.430 e. The van der Waals surface area contributed by atoms with E-state index in [0.29, 0.717) is 29.1 Å². The van der Waals surface area contributed by atoms with E-state index in [1.54, 1.807) is 43.0 Å². The predicted molar refractivity (Wildman–Crippen MR) is 165 cm³/mol. The summed E-state index contributed by atoms with van der Waals surface area (Å²) < 4.78 is 87.2. The van der Waals surface area contributed by atoms with Gasteiger partial charge in [0.1, 0.15) is 17.8 Å². The molecule has 2 heterocycles. The monoisotopic (exact) mass is 684 g/mol. The molecular weight excluding hydrogens is 646 g/mol. The summed E-state index contributed by atoms with van der Waals surface area (Å²) in [5, 5.41) is 12.6.